The van der Waals surface area contributed by atoms with E-state index in [1.165, 1.54) is 0 Å². The minimum Gasteiger partial charge on any atom is -0.404 e. The summed E-state index contributed by atoms with van der Waals surface area (Å²) in [4.78, 5) is 3.19. The molecule has 1 atom stereocenters. The smallest absolute Gasteiger partial charge is 0.213 e. The average molecular weight is 124 g/mol. The molecular formula is C5H5N2P. The van der Waals surface area contributed by atoms with E-state index >= 15 is 0 Å². The molecule has 1 heterocycles. The van der Waals surface area contributed by atoms with Crippen molar-refractivity contribution >= 4 is 19.3 Å². The highest BCUT2D eigenvalue weighted by molar-refractivity contribution is 7.34. The lowest BCUT2D eigenvalue weighted by Crippen LogP contribution is -1.73. The van der Waals surface area contributed by atoms with Gasteiger partial charge in [-0.1, -0.05) is 11.9 Å². The van der Waals surface area contributed by atoms with Crippen LogP contribution in [0.1, 0.15) is 0 Å². The van der Waals surface area contributed by atoms with Crippen molar-refractivity contribution in [3.8, 4) is 0 Å². The Morgan fingerprint density at radius 3 is 2.75 bits per heavy atom. The van der Waals surface area contributed by atoms with Crippen molar-refractivity contribution in [1.82, 2.24) is 0 Å². The van der Waals surface area contributed by atoms with E-state index in [1.54, 1.807) is 6.07 Å². The maximum Gasteiger partial charge on any atom is 0.213 e. The average Bonchev–Trinajstić information content (AvgIpc) is 2.14. The summed E-state index contributed by atoms with van der Waals surface area (Å²) >= 11 is 0. The quantitative estimate of drug-likeness (QED) is 0.525. The molecule has 0 radical (unpaired) electrons. The SMILES string of the molecule is [C-]#[N+]c1cc[pH]c1N. The maximum atomic E-state index is 6.57. The van der Waals surface area contributed by atoms with Crippen molar-refractivity contribution in [3.63, 3.8) is 0 Å². The van der Waals surface area contributed by atoms with Gasteiger partial charge in [0.15, 0.2) is 0 Å². The monoisotopic (exact) mass is 124 g/mol. The van der Waals surface area contributed by atoms with Gasteiger partial charge < -0.3 is 5.73 Å². The van der Waals surface area contributed by atoms with Gasteiger partial charge in [0.2, 0.25) is 5.69 Å². The standard InChI is InChI=1S/C5H5N2P/c1-7-4-2-3-8-5(4)6/h2-3,8H,6H2. The number of nitrogens with two attached hydrogens (primary N) is 1. The zero-order chi connectivity index (χ0) is 5.98. The number of nitrogen functional groups attached to an aromatic ring is 1. The van der Waals surface area contributed by atoms with Gasteiger partial charge in [0.05, 0.1) is 12.0 Å². The number of nitrogens with zero attached hydrogens (tertiary/aromatic N) is 1. The third-order valence-electron chi connectivity index (χ3n) is 0.876. The summed E-state index contributed by atoms with van der Waals surface area (Å²) in [6.45, 7) is 6.57. The van der Waals surface area contributed by atoms with Gasteiger partial charge in [-0.25, -0.2) is 4.85 Å². The summed E-state index contributed by atoms with van der Waals surface area (Å²) in [5, 5.41) is 0. The molecule has 8 heavy (non-hydrogen) atoms. The van der Waals surface area contributed by atoms with Crippen molar-refractivity contribution in [2.24, 2.45) is 0 Å². The van der Waals surface area contributed by atoms with E-state index in [0.717, 1.165) is 5.42 Å². The molecule has 2 N–H and O–H groups in total. The van der Waals surface area contributed by atoms with Crippen molar-refractivity contribution < 1.29 is 0 Å². The lowest BCUT2D eigenvalue weighted by Gasteiger charge is -1.80. The van der Waals surface area contributed by atoms with Crippen molar-refractivity contribution in [1.29, 1.82) is 0 Å². The Morgan fingerprint density at radius 1 is 1.75 bits per heavy atom. The first kappa shape index (κ1) is 5.21. The van der Waals surface area contributed by atoms with Crippen LogP contribution in [0.5, 0.6) is 0 Å². The summed E-state index contributed by atoms with van der Waals surface area (Å²) in [6.07, 6.45) is 0. The predicted octanol–water partition coefficient (Wildman–Crippen LogP) is 1.85. The minimum atomic E-state index is 0.533. The number of anilines is 1. The van der Waals surface area contributed by atoms with Crippen molar-refractivity contribution in [2.45, 2.75) is 0 Å². The Kier molecular flexibility index (Phi) is 1.24. The van der Waals surface area contributed by atoms with E-state index in [1.807, 2.05) is 5.80 Å². The van der Waals surface area contributed by atoms with Crippen LogP contribution in [0, 0.1) is 6.57 Å². The molecule has 1 aromatic rings. The van der Waals surface area contributed by atoms with Crippen LogP contribution >= 0.6 is 8.19 Å². The van der Waals surface area contributed by atoms with Gasteiger partial charge in [-0.15, -0.1) is 8.19 Å². The highest BCUT2D eigenvalue weighted by atomic mass is 31.0. The Balaban J connectivity index is 3.15. The molecule has 0 aliphatic carbocycles. The van der Waals surface area contributed by atoms with Crippen LogP contribution in [-0.2, 0) is 0 Å². The van der Waals surface area contributed by atoms with E-state index in [-0.39, 0.29) is 0 Å². The molecule has 40 valence electrons. The maximum absolute atomic E-state index is 6.57. The summed E-state index contributed by atoms with van der Waals surface area (Å²) in [7, 11) is 0.533. The van der Waals surface area contributed by atoms with Crippen LogP contribution in [0.3, 0.4) is 0 Å². The lowest BCUT2D eigenvalue weighted by atomic mass is 10.5. The normalized spacial score (nSPS) is 9.38. The Hall–Kier alpha value is -0.930. The lowest BCUT2D eigenvalue weighted by molar-refractivity contribution is 1.91. The summed E-state index contributed by atoms with van der Waals surface area (Å²) in [6, 6.07) is 1.76. The fourth-order valence-electron chi connectivity index (χ4n) is 0.472. The third kappa shape index (κ3) is 0.685. The Bertz CT molecular complexity index is 221. The largest absolute Gasteiger partial charge is 0.404 e. The Labute approximate surface area is 49.2 Å². The molecule has 0 aromatic carbocycles. The fourth-order valence-corrected chi connectivity index (χ4v) is 1.18. The summed E-state index contributed by atoms with van der Waals surface area (Å²) in [5.74, 6) is 1.92. The third-order valence-corrected chi connectivity index (χ3v) is 1.78. The topological polar surface area (TPSA) is 30.4 Å². The van der Waals surface area contributed by atoms with Gasteiger partial charge in [-0.2, -0.15) is 0 Å². The molecule has 1 rings (SSSR count). The first-order chi connectivity index (χ1) is 3.84. The van der Waals surface area contributed by atoms with Crippen molar-refractivity contribution in [3.05, 3.63) is 23.3 Å². The second kappa shape index (κ2) is 1.90. The zero-order valence-corrected chi connectivity index (χ0v) is 5.18. The predicted molar refractivity (Wildman–Crippen MR) is 36.6 cm³/mol. The second-order valence-corrected chi connectivity index (χ2v) is 2.55. The molecule has 0 saturated heterocycles. The molecule has 0 bridgehead atoms. The van der Waals surface area contributed by atoms with Gasteiger partial charge in [-0.05, 0) is 0 Å². The fraction of sp³-hybridized carbons (Fsp3) is 0. The second-order valence-electron chi connectivity index (χ2n) is 1.39. The first-order valence-corrected chi connectivity index (χ1v) is 3.22. The van der Waals surface area contributed by atoms with Gasteiger partial charge >= 0.3 is 0 Å². The molecule has 3 heteroatoms. The van der Waals surface area contributed by atoms with E-state index in [0.29, 0.717) is 13.9 Å². The van der Waals surface area contributed by atoms with E-state index in [2.05, 4.69) is 4.85 Å². The summed E-state index contributed by atoms with van der Waals surface area (Å²) in [5.41, 5.74) is 6.74. The zero-order valence-electron chi connectivity index (χ0n) is 4.18. The number of hydrogen-bond donors (Lipinski definition) is 1. The van der Waals surface area contributed by atoms with E-state index in [4.69, 9.17) is 12.3 Å². The van der Waals surface area contributed by atoms with Crippen LogP contribution in [0.2, 0.25) is 0 Å². The Morgan fingerprint density at radius 2 is 2.50 bits per heavy atom. The minimum absolute atomic E-state index is 0.533. The molecule has 0 aliphatic rings. The molecule has 2 nitrogen and oxygen atoms in total. The van der Waals surface area contributed by atoms with Gasteiger partial charge in [0.1, 0.15) is 0 Å². The first-order valence-electron chi connectivity index (χ1n) is 2.15. The molecule has 0 fully saturated rings. The van der Waals surface area contributed by atoms with Crippen LogP contribution in [0.4, 0.5) is 11.1 Å². The van der Waals surface area contributed by atoms with Gasteiger partial charge in [-0.3, -0.25) is 0 Å². The molecule has 0 aliphatic heterocycles. The summed E-state index contributed by atoms with van der Waals surface area (Å²) < 4.78 is 0. The van der Waals surface area contributed by atoms with Crippen LogP contribution in [0.15, 0.2) is 11.9 Å². The highest BCUT2D eigenvalue weighted by Gasteiger charge is 1.93. The van der Waals surface area contributed by atoms with Crippen LogP contribution in [-0.4, -0.2) is 0 Å². The van der Waals surface area contributed by atoms with Crippen LogP contribution < -0.4 is 5.73 Å². The van der Waals surface area contributed by atoms with Crippen LogP contribution in [0.25, 0.3) is 4.85 Å². The van der Waals surface area contributed by atoms with Gasteiger partial charge in [0.25, 0.3) is 0 Å². The molecule has 0 saturated carbocycles. The number of hydrogen-bond acceptors (Lipinski definition) is 1. The molecular weight excluding hydrogens is 119 g/mol. The molecule has 0 amide bonds. The molecule has 1 aromatic heterocycles. The van der Waals surface area contributed by atoms with E-state index < -0.39 is 0 Å². The van der Waals surface area contributed by atoms with Gasteiger partial charge in [0, 0.05) is 0 Å². The molecule has 1 unspecified atom stereocenters. The highest BCUT2D eigenvalue weighted by Crippen LogP contribution is 2.31. The number of rotatable bonds is 0. The molecule has 0 spiro atoms. The van der Waals surface area contributed by atoms with Crippen molar-refractivity contribution in [2.75, 3.05) is 5.73 Å². The van der Waals surface area contributed by atoms with E-state index in [9.17, 15) is 0 Å².